The van der Waals surface area contributed by atoms with Gasteiger partial charge >= 0.3 is 0 Å². The van der Waals surface area contributed by atoms with Gasteiger partial charge in [-0.1, -0.05) is 11.4 Å². The van der Waals surface area contributed by atoms with Crippen LogP contribution in [-0.2, 0) is 19.4 Å². The Kier molecular flexibility index (Phi) is 4.47. The van der Waals surface area contributed by atoms with Crippen molar-refractivity contribution in [3.05, 3.63) is 26.9 Å². The van der Waals surface area contributed by atoms with Crippen LogP contribution in [0.2, 0.25) is 0 Å². The summed E-state index contributed by atoms with van der Waals surface area (Å²) >= 11 is 4.95. The number of nitrogens with zero attached hydrogens (tertiary/aromatic N) is 4. The second-order valence-electron chi connectivity index (χ2n) is 4.02. The van der Waals surface area contributed by atoms with Crippen LogP contribution in [0, 0.1) is 0 Å². The van der Waals surface area contributed by atoms with Gasteiger partial charge in [-0.2, -0.15) is 5.10 Å². The third-order valence-electron chi connectivity index (χ3n) is 2.86. The summed E-state index contributed by atoms with van der Waals surface area (Å²) in [5, 5.41) is 10.5. The zero-order valence-electron chi connectivity index (χ0n) is 10.4. The maximum Gasteiger partial charge on any atom is 0.0926 e. The van der Waals surface area contributed by atoms with Crippen molar-refractivity contribution < 1.29 is 0 Å². The Balaban J connectivity index is 2.25. The molecule has 2 aromatic rings. The van der Waals surface area contributed by atoms with Gasteiger partial charge in [0.05, 0.1) is 27.6 Å². The van der Waals surface area contributed by atoms with E-state index in [4.69, 9.17) is 5.73 Å². The minimum atomic E-state index is -0.133. The predicted octanol–water partition coefficient (Wildman–Crippen LogP) is 2.32. The van der Waals surface area contributed by atoms with Crippen molar-refractivity contribution in [1.82, 2.24) is 19.4 Å². The smallest absolute Gasteiger partial charge is 0.0926 e. The Hall–Kier alpha value is -0.790. The fourth-order valence-electron chi connectivity index (χ4n) is 1.86. The van der Waals surface area contributed by atoms with Crippen molar-refractivity contribution in [2.75, 3.05) is 0 Å². The van der Waals surface area contributed by atoms with Crippen molar-refractivity contribution >= 4 is 27.5 Å². The SMILES string of the molecule is CCc1nn(CC)c(CC(N)c2csnn2)c1Br. The van der Waals surface area contributed by atoms with Crippen molar-refractivity contribution in [2.45, 2.75) is 39.3 Å². The summed E-state index contributed by atoms with van der Waals surface area (Å²) in [5.74, 6) is 0. The minimum absolute atomic E-state index is 0.133. The Labute approximate surface area is 119 Å². The topological polar surface area (TPSA) is 69.6 Å². The van der Waals surface area contributed by atoms with E-state index in [2.05, 4.69) is 44.5 Å². The van der Waals surface area contributed by atoms with Gasteiger partial charge in [0.15, 0.2) is 0 Å². The lowest BCUT2D eigenvalue weighted by atomic mass is 10.1. The molecule has 2 aromatic heterocycles. The first-order valence-electron chi connectivity index (χ1n) is 5.93. The van der Waals surface area contributed by atoms with Crippen LogP contribution < -0.4 is 5.73 Å². The van der Waals surface area contributed by atoms with Crippen LogP contribution in [0.4, 0.5) is 0 Å². The van der Waals surface area contributed by atoms with E-state index in [1.54, 1.807) is 0 Å². The molecule has 0 radical (unpaired) electrons. The van der Waals surface area contributed by atoms with Crippen LogP contribution in [0.1, 0.15) is 37.0 Å². The molecule has 0 aliphatic heterocycles. The summed E-state index contributed by atoms with van der Waals surface area (Å²) < 4.78 is 6.93. The van der Waals surface area contributed by atoms with Gasteiger partial charge in [-0.25, -0.2) is 0 Å². The quantitative estimate of drug-likeness (QED) is 0.913. The van der Waals surface area contributed by atoms with Crippen LogP contribution in [0.25, 0.3) is 0 Å². The third kappa shape index (κ3) is 2.62. The van der Waals surface area contributed by atoms with Gasteiger partial charge in [0, 0.05) is 18.3 Å². The molecule has 0 amide bonds. The normalized spacial score (nSPS) is 12.9. The number of aromatic nitrogens is 4. The average molecular weight is 330 g/mol. The highest BCUT2D eigenvalue weighted by Gasteiger charge is 2.18. The van der Waals surface area contributed by atoms with Crippen LogP contribution in [0.15, 0.2) is 9.85 Å². The molecule has 0 spiro atoms. The molecule has 0 aliphatic rings. The Morgan fingerprint density at radius 2 is 2.28 bits per heavy atom. The molecule has 0 saturated carbocycles. The van der Waals surface area contributed by atoms with Crippen molar-refractivity contribution in [2.24, 2.45) is 5.73 Å². The summed E-state index contributed by atoms with van der Waals surface area (Å²) in [6.07, 6.45) is 1.63. The molecule has 0 aromatic carbocycles. The fraction of sp³-hybridized carbons (Fsp3) is 0.545. The second kappa shape index (κ2) is 5.90. The highest BCUT2D eigenvalue weighted by molar-refractivity contribution is 9.10. The average Bonchev–Trinajstić information content (AvgIpc) is 2.99. The summed E-state index contributed by atoms with van der Waals surface area (Å²) in [7, 11) is 0. The van der Waals surface area contributed by atoms with Gasteiger partial charge in [0.2, 0.25) is 0 Å². The lowest BCUT2D eigenvalue weighted by Crippen LogP contribution is -2.16. The molecule has 7 heteroatoms. The lowest BCUT2D eigenvalue weighted by Gasteiger charge is -2.10. The molecule has 0 fully saturated rings. The molecule has 1 unspecified atom stereocenters. The van der Waals surface area contributed by atoms with E-state index in [1.165, 1.54) is 11.5 Å². The van der Waals surface area contributed by atoms with Gasteiger partial charge in [-0.15, -0.1) is 5.10 Å². The van der Waals surface area contributed by atoms with E-state index in [1.807, 2.05) is 10.1 Å². The molecule has 2 rings (SSSR count). The van der Waals surface area contributed by atoms with E-state index in [-0.39, 0.29) is 6.04 Å². The zero-order chi connectivity index (χ0) is 13.1. The highest BCUT2D eigenvalue weighted by atomic mass is 79.9. The molecular formula is C11H16BrN5S. The van der Waals surface area contributed by atoms with Crippen LogP contribution in [-0.4, -0.2) is 19.4 Å². The first-order chi connectivity index (χ1) is 8.67. The number of rotatable bonds is 5. The summed E-state index contributed by atoms with van der Waals surface area (Å²) in [4.78, 5) is 0. The summed E-state index contributed by atoms with van der Waals surface area (Å²) in [5.41, 5.74) is 9.21. The molecular weight excluding hydrogens is 314 g/mol. The maximum atomic E-state index is 6.16. The molecule has 0 aliphatic carbocycles. The molecule has 1 atom stereocenters. The van der Waals surface area contributed by atoms with E-state index in [0.717, 1.165) is 34.5 Å². The molecule has 0 saturated heterocycles. The van der Waals surface area contributed by atoms with Crippen LogP contribution >= 0.6 is 27.5 Å². The first kappa shape index (κ1) is 13.6. The Morgan fingerprint density at radius 3 is 2.83 bits per heavy atom. The second-order valence-corrected chi connectivity index (χ2v) is 5.42. The molecule has 98 valence electrons. The highest BCUT2D eigenvalue weighted by Crippen LogP contribution is 2.26. The lowest BCUT2D eigenvalue weighted by molar-refractivity contribution is 0.579. The summed E-state index contributed by atoms with van der Waals surface area (Å²) in [6.45, 7) is 5.02. The molecule has 18 heavy (non-hydrogen) atoms. The standard InChI is InChI=1S/C11H16BrN5S/c1-3-8-11(12)10(17(4-2)15-8)5-7(13)9-6-18-16-14-9/h6-7H,3-5,13H2,1-2H3. The monoisotopic (exact) mass is 329 g/mol. The fourth-order valence-corrected chi connectivity index (χ4v) is 3.10. The molecule has 0 bridgehead atoms. The number of nitrogens with two attached hydrogens (primary N) is 1. The molecule has 2 N–H and O–H groups in total. The number of hydrogen-bond donors (Lipinski definition) is 1. The van der Waals surface area contributed by atoms with E-state index >= 15 is 0 Å². The van der Waals surface area contributed by atoms with Gasteiger partial charge in [0.25, 0.3) is 0 Å². The first-order valence-corrected chi connectivity index (χ1v) is 7.56. The van der Waals surface area contributed by atoms with E-state index < -0.39 is 0 Å². The van der Waals surface area contributed by atoms with E-state index in [0.29, 0.717) is 6.42 Å². The third-order valence-corrected chi connectivity index (χ3v) is 4.30. The molecule has 5 nitrogen and oxygen atoms in total. The summed E-state index contributed by atoms with van der Waals surface area (Å²) in [6, 6.07) is -0.133. The Bertz CT molecular complexity index is 508. The van der Waals surface area contributed by atoms with Crippen molar-refractivity contribution in [3.63, 3.8) is 0 Å². The Morgan fingerprint density at radius 1 is 1.50 bits per heavy atom. The van der Waals surface area contributed by atoms with E-state index in [9.17, 15) is 0 Å². The largest absolute Gasteiger partial charge is 0.322 e. The minimum Gasteiger partial charge on any atom is -0.322 e. The van der Waals surface area contributed by atoms with Crippen LogP contribution in [0.3, 0.4) is 0 Å². The predicted molar refractivity (Wildman–Crippen MR) is 75.5 cm³/mol. The molecule has 2 heterocycles. The maximum absolute atomic E-state index is 6.16. The zero-order valence-corrected chi connectivity index (χ0v) is 12.8. The van der Waals surface area contributed by atoms with Gasteiger partial charge < -0.3 is 5.73 Å². The van der Waals surface area contributed by atoms with Gasteiger partial charge in [0.1, 0.15) is 0 Å². The number of hydrogen-bond acceptors (Lipinski definition) is 5. The van der Waals surface area contributed by atoms with Crippen LogP contribution in [0.5, 0.6) is 0 Å². The number of aryl methyl sites for hydroxylation is 2. The van der Waals surface area contributed by atoms with Crippen molar-refractivity contribution in [3.8, 4) is 0 Å². The van der Waals surface area contributed by atoms with Crippen molar-refractivity contribution in [1.29, 1.82) is 0 Å². The van der Waals surface area contributed by atoms with Gasteiger partial charge in [-0.05, 0) is 40.8 Å². The number of halogens is 1. The van der Waals surface area contributed by atoms with Gasteiger partial charge in [-0.3, -0.25) is 4.68 Å².